The van der Waals surface area contributed by atoms with Gasteiger partial charge in [-0.25, -0.2) is 0 Å². The van der Waals surface area contributed by atoms with E-state index in [-0.39, 0.29) is 11.3 Å². The van der Waals surface area contributed by atoms with Crippen molar-refractivity contribution < 1.29 is 5.11 Å². The summed E-state index contributed by atoms with van der Waals surface area (Å²) in [5, 5.41) is 12.6. The number of aromatic nitrogens is 2. The number of aryl methyl sites for hydroxylation is 1. The standard InChI is InChI=1S/C11H12N2O2/c1-7-10(12-13(2)11(7)15)8-5-3-4-6-9(8)14/h3-6,12,14H,1-2H3. The first kappa shape index (κ1) is 9.58. The van der Waals surface area contributed by atoms with Gasteiger partial charge in [-0.2, -0.15) is 0 Å². The lowest BCUT2D eigenvalue weighted by Gasteiger charge is -2.01. The van der Waals surface area contributed by atoms with Gasteiger partial charge < -0.3 is 5.11 Å². The molecule has 1 aromatic carbocycles. The molecule has 4 heteroatoms. The Labute approximate surface area is 86.8 Å². The van der Waals surface area contributed by atoms with Crippen molar-refractivity contribution in [3.63, 3.8) is 0 Å². The van der Waals surface area contributed by atoms with Crippen molar-refractivity contribution in [2.24, 2.45) is 7.05 Å². The number of H-pyrrole nitrogens is 1. The van der Waals surface area contributed by atoms with Crippen LogP contribution < -0.4 is 5.56 Å². The zero-order valence-corrected chi connectivity index (χ0v) is 8.61. The highest BCUT2D eigenvalue weighted by Crippen LogP contribution is 2.27. The van der Waals surface area contributed by atoms with E-state index in [9.17, 15) is 9.90 Å². The SMILES string of the molecule is Cc1c(-c2ccccc2O)[nH]n(C)c1=O. The Morgan fingerprint density at radius 2 is 2.00 bits per heavy atom. The molecule has 0 aliphatic rings. The summed E-state index contributed by atoms with van der Waals surface area (Å²) in [5.74, 6) is 0.169. The number of aromatic amines is 1. The Balaban J connectivity index is 2.70. The van der Waals surface area contributed by atoms with Gasteiger partial charge in [-0.3, -0.25) is 14.6 Å². The molecule has 0 amide bonds. The Hall–Kier alpha value is -1.97. The van der Waals surface area contributed by atoms with Crippen LogP contribution in [0.5, 0.6) is 5.75 Å². The first-order valence-corrected chi connectivity index (χ1v) is 4.65. The topological polar surface area (TPSA) is 58.0 Å². The summed E-state index contributed by atoms with van der Waals surface area (Å²) in [4.78, 5) is 11.5. The highest BCUT2D eigenvalue weighted by Gasteiger charge is 2.12. The summed E-state index contributed by atoms with van der Waals surface area (Å²) in [6.45, 7) is 1.74. The number of nitrogens with zero attached hydrogens (tertiary/aromatic N) is 1. The van der Waals surface area contributed by atoms with Crippen molar-refractivity contribution in [3.8, 4) is 17.0 Å². The number of nitrogens with one attached hydrogen (secondary N) is 1. The zero-order valence-electron chi connectivity index (χ0n) is 8.61. The third-order valence-electron chi connectivity index (χ3n) is 2.45. The van der Waals surface area contributed by atoms with Crippen LogP contribution in [0.1, 0.15) is 5.56 Å². The number of benzene rings is 1. The van der Waals surface area contributed by atoms with Gasteiger partial charge in [0.15, 0.2) is 0 Å². The number of hydrogen-bond donors (Lipinski definition) is 2. The average molecular weight is 204 g/mol. The maximum Gasteiger partial charge on any atom is 0.269 e. The van der Waals surface area contributed by atoms with Crippen molar-refractivity contribution in [1.29, 1.82) is 0 Å². The normalized spacial score (nSPS) is 10.5. The third-order valence-corrected chi connectivity index (χ3v) is 2.45. The van der Waals surface area contributed by atoms with Gasteiger partial charge in [-0.05, 0) is 19.1 Å². The lowest BCUT2D eigenvalue weighted by atomic mass is 10.1. The van der Waals surface area contributed by atoms with E-state index in [0.717, 1.165) is 0 Å². The molecule has 1 aromatic heterocycles. The van der Waals surface area contributed by atoms with Gasteiger partial charge in [0.2, 0.25) is 0 Å². The zero-order chi connectivity index (χ0) is 11.0. The second-order valence-electron chi connectivity index (χ2n) is 3.49. The van der Waals surface area contributed by atoms with Gasteiger partial charge in [-0.15, -0.1) is 0 Å². The summed E-state index contributed by atoms with van der Waals surface area (Å²) < 4.78 is 1.40. The molecule has 0 aliphatic heterocycles. The van der Waals surface area contributed by atoms with Crippen LogP contribution in [0.2, 0.25) is 0 Å². The van der Waals surface area contributed by atoms with Gasteiger partial charge in [0.1, 0.15) is 5.75 Å². The molecule has 78 valence electrons. The van der Waals surface area contributed by atoms with Gasteiger partial charge in [0, 0.05) is 18.2 Å². The van der Waals surface area contributed by atoms with Crippen molar-refractivity contribution in [2.75, 3.05) is 0 Å². The molecule has 0 aliphatic carbocycles. The summed E-state index contributed by atoms with van der Waals surface area (Å²) in [6, 6.07) is 6.93. The van der Waals surface area contributed by atoms with Crippen LogP contribution in [0.15, 0.2) is 29.1 Å². The summed E-state index contributed by atoms with van der Waals surface area (Å²) in [7, 11) is 1.65. The first-order chi connectivity index (χ1) is 7.11. The molecule has 0 bridgehead atoms. The maximum atomic E-state index is 11.5. The largest absolute Gasteiger partial charge is 0.507 e. The van der Waals surface area contributed by atoms with Gasteiger partial charge in [-0.1, -0.05) is 12.1 Å². The molecule has 2 N–H and O–H groups in total. The van der Waals surface area contributed by atoms with Crippen LogP contribution >= 0.6 is 0 Å². The van der Waals surface area contributed by atoms with Crippen LogP contribution in [-0.2, 0) is 7.05 Å². The fourth-order valence-electron chi connectivity index (χ4n) is 1.61. The predicted octanol–water partition coefficient (Wildman–Crippen LogP) is 1.39. The van der Waals surface area contributed by atoms with Crippen LogP contribution in [-0.4, -0.2) is 14.9 Å². The van der Waals surface area contributed by atoms with E-state index in [0.29, 0.717) is 16.8 Å². The van der Waals surface area contributed by atoms with E-state index in [4.69, 9.17) is 0 Å². The van der Waals surface area contributed by atoms with Crippen LogP contribution in [0, 0.1) is 6.92 Å². The van der Waals surface area contributed by atoms with Crippen molar-refractivity contribution in [3.05, 3.63) is 40.2 Å². The molecule has 0 atom stereocenters. The minimum atomic E-state index is -0.0757. The van der Waals surface area contributed by atoms with Crippen LogP contribution in [0.25, 0.3) is 11.3 Å². The van der Waals surface area contributed by atoms with Crippen molar-refractivity contribution >= 4 is 0 Å². The van der Waals surface area contributed by atoms with Gasteiger partial charge >= 0.3 is 0 Å². The summed E-state index contributed by atoms with van der Waals surface area (Å²) >= 11 is 0. The number of rotatable bonds is 1. The monoisotopic (exact) mass is 204 g/mol. The Kier molecular flexibility index (Phi) is 2.11. The molecule has 0 unspecified atom stereocenters. The third kappa shape index (κ3) is 1.44. The van der Waals surface area contributed by atoms with Crippen molar-refractivity contribution in [1.82, 2.24) is 9.78 Å². The van der Waals surface area contributed by atoms with Crippen LogP contribution in [0.4, 0.5) is 0 Å². The summed E-state index contributed by atoms with van der Waals surface area (Å²) in [5.41, 5.74) is 1.85. The molecule has 1 heterocycles. The second kappa shape index (κ2) is 3.31. The van der Waals surface area contributed by atoms with Gasteiger partial charge in [0.05, 0.1) is 5.69 Å². The van der Waals surface area contributed by atoms with E-state index in [1.54, 1.807) is 32.2 Å². The summed E-state index contributed by atoms with van der Waals surface area (Å²) in [6.07, 6.45) is 0. The molecule has 2 aromatic rings. The fourth-order valence-corrected chi connectivity index (χ4v) is 1.61. The molecule has 0 saturated carbocycles. The molecule has 0 radical (unpaired) electrons. The quantitative estimate of drug-likeness (QED) is 0.737. The first-order valence-electron chi connectivity index (χ1n) is 4.65. The highest BCUT2D eigenvalue weighted by molar-refractivity contribution is 5.68. The molecular weight excluding hydrogens is 192 g/mol. The number of phenols is 1. The number of phenolic OH excluding ortho intramolecular Hbond substituents is 1. The number of para-hydroxylation sites is 1. The maximum absolute atomic E-state index is 11.5. The molecule has 15 heavy (non-hydrogen) atoms. The Morgan fingerprint density at radius 3 is 2.53 bits per heavy atom. The number of aromatic hydroxyl groups is 1. The minimum Gasteiger partial charge on any atom is -0.507 e. The molecule has 4 nitrogen and oxygen atoms in total. The average Bonchev–Trinajstić information content (AvgIpc) is 2.47. The minimum absolute atomic E-state index is 0.0757. The van der Waals surface area contributed by atoms with E-state index < -0.39 is 0 Å². The second-order valence-corrected chi connectivity index (χ2v) is 3.49. The molecule has 2 rings (SSSR count). The predicted molar refractivity (Wildman–Crippen MR) is 57.9 cm³/mol. The Bertz CT molecular complexity index is 552. The van der Waals surface area contributed by atoms with E-state index >= 15 is 0 Å². The molecular formula is C11H12N2O2. The lowest BCUT2D eigenvalue weighted by molar-refractivity contribution is 0.477. The molecule has 0 spiro atoms. The van der Waals surface area contributed by atoms with E-state index in [1.165, 1.54) is 4.68 Å². The lowest BCUT2D eigenvalue weighted by Crippen LogP contribution is -2.12. The molecule has 0 fully saturated rings. The van der Waals surface area contributed by atoms with E-state index in [1.807, 2.05) is 6.07 Å². The molecule has 0 saturated heterocycles. The van der Waals surface area contributed by atoms with Crippen LogP contribution in [0.3, 0.4) is 0 Å². The smallest absolute Gasteiger partial charge is 0.269 e. The Morgan fingerprint density at radius 1 is 1.33 bits per heavy atom. The van der Waals surface area contributed by atoms with Gasteiger partial charge in [0.25, 0.3) is 5.56 Å². The van der Waals surface area contributed by atoms with E-state index in [2.05, 4.69) is 5.10 Å². The fraction of sp³-hybridized carbons (Fsp3) is 0.182. The number of hydrogen-bond acceptors (Lipinski definition) is 2. The van der Waals surface area contributed by atoms with Crippen molar-refractivity contribution in [2.45, 2.75) is 6.92 Å². The highest BCUT2D eigenvalue weighted by atomic mass is 16.3.